The van der Waals surface area contributed by atoms with Gasteiger partial charge >= 0.3 is 6.18 Å². The van der Waals surface area contributed by atoms with Gasteiger partial charge in [-0.05, 0) is 29.8 Å². The highest BCUT2D eigenvalue weighted by atomic mass is 19.4. The normalized spacial score (nSPS) is 17.9. The number of hydrogen-bond donors (Lipinski definition) is 0. The molecule has 0 unspecified atom stereocenters. The second-order valence-corrected chi connectivity index (χ2v) is 7.43. The minimum Gasteiger partial charge on any atom is -0.369 e. The molecule has 5 nitrogen and oxygen atoms in total. The van der Waals surface area contributed by atoms with Crippen LogP contribution in [0.4, 0.5) is 13.2 Å². The average molecular weight is 416 g/mol. The molecule has 0 amide bonds. The average Bonchev–Trinajstić information content (AvgIpc) is 3.12. The number of morpholine rings is 1. The van der Waals surface area contributed by atoms with Gasteiger partial charge < -0.3 is 4.74 Å². The second-order valence-electron chi connectivity index (χ2n) is 7.43. The van der Waals surface area contributed by atoms with Gasteiger partial charge in [0.1, 0.15) is 6.10 Å². The first kappa shape index (κ1) is 20.6. The molecule has 0 saturated carbocycles. The number of rotatable bonds is 5. The molecule has 3 heterocycles. The van der Waals surface area contributed by atoms with E-state index in [1.165, 1.54) is 12.1 Å². The third-order valence-electron chi connectivity index (χ3n) is 5.31. The third-order valence-corrected chi connectivity index (χ3v) is 5.31. The van der Waals surface area contributed by atoms with Crippen molar-refractivity contribution in [2.75, 3.05) is 19.7 Å². The number of halogens is 3. The van der Waals surface area contributed by atoms with Gasteiger partial charge in [-0.2, -0.15) is 18.3 Å². The molecule has 4 rings (SSSR count). The SMILES string of the molecule is Cn1nccc1CN1CCO[C@H](c2cccc(Cc3ccccc3C(F)(F)F)n2)C1. The maximum absolute atomic E-state index is 13.3. The van der Waals surface area contributed by atoms with Crippen molar-refractivity contribution < 1.29 is 17.9 Å². The van der Waals surface area contributed by atoms with E-state index < -0.39 is 11.7 Å². The van der Waals surface area contributed by atoms with Crippen LogP contribution in [0.5, 0.6) is 0 Å². The maximum Gasteiger partial charge on any atom is 0.416 e. The first-order valence-electron chi connectivity index (χ1n) is 9.82. The van der Waals surface area contributed by atoms with E-state index in [2.05, 4.69) is 15.0 Å². The smallest absolute Gasteiger partial charge is 0.369 e. The minimum atomic E-state index is -4.38. The fourth-order valence-corrected chi connectivity index (χ4v) is 3.73. The molecule has 2 aromatic heterocycles. The van der Waals surface area contributed by atoms with Crippen LogP contribution < -0.4 is 0 Å². The first-order chi connectivity index (χ1) is 14.4. The highest BCUT2D eigenvalue weighted by molar-refractivity contribution is 5.33. The number of ether oxygens (including phenoxy) is 1. The van der Waals surface area contributed by atoms with Gasteiger partial charge in [0.2, 0.25) is 0 Å². The lowest BCUT2D eigenvalue weighted by Crippen LogP contribution is -2.38. The Hall–Kier alpha value is -2.71. The van der Waals surface area contributed by atoms with Crippen molar-refractivity contribution in [2.45, 2.75) is 25.2 Å². The summed E-state index contributed by atoms with van der Waals surface area (Å²) in [7, 11) is 1.91. The Balaban J connectivity index is 1.49. The molecular weight excluding hydrogens is 393 g/mol. The molecule has 1 saturated heterocycles. The zero-order valence-corrected chi connectivity index (χ0v) is 16.6. The summed E-state index contributed by atoms with van der Waals surface area (Å²) in [6.07, 6.45) is -2.70. The van der Waals surface area contributed by atoms with E-state index in [0.29, 0.717) is 18.8 Å². The lowest BCUT2D eigenvalue weighted by atomic mass is 10.0. The van der Waals surface area contributed by atoms with Gasteiger partial charge in [-0.1, -0.05) is 24.3 Å². The molecule has 3 aromatic rings. The highest BCUT2D eigenvalue weighted by Crippen LogP contribution is 2.33. The molecular formula is C22H23F3N4O. The summed E-state index contributed by atoms with van der Waals surface area (Å²) in [5, 5.41) is 4.20. The van der Waals surface area contributed by atoms with Gasteiger partial charge in [0.15, 0.2) is 0 Å². The van der Waals surface area contributed by atoms with E-state index >= 15 is 0 Å². The van der Waals surface area contributed by atoms with Crippen LogP contribution in [-0.4, -0.2) is 39.4 Å². The van der Waals surface area contributed by atoms with Crippen LogP contribution >= 0.6 is 0 Å². The Morgan fingerprint density at radius 3 is 2.70 bits per heavy atom. The molecule has 1 aromatic carbocycles. The van der Waals surface area contributed by atoms with Crippen molar-refractivity contribution in [1.29, 1.82) is 0 Å². The zero-order valence-electron chi connectivity index (χ0n) is 16.6. The second kappa shape index (κ2) is 8.57. The molecule has 1 aliphatic heterocycles. The summed E-state index contributed by atoms with van der Waals surface area (Å²) in [6, 6.07) is 13.1. The maximum atomic E-state index is 13.3. The number of alkyl halides is 3. The van der Waals surface area contributed by atoms with Crippen molar-refractivity contribution in [3.05, 3.63) is 82.9 Å². The summed E-state index contributed by atoms with van der Waals surface area (Å²) in [4.78, 5) is 6.90. The first-order valence-corrected chi connectivity index (χ1v) is 9.82. The molecule has 158 valence electrons. The molecule has 0 N–H and O–H groups in total. The van der Waals surface area contributed by atoms with E-state index in [1.54, 1.807) is 18.3 Å². The molecule has 0 spiro atoms. The van der Waals surface area contributed by atoms with Gasteiger partial charge in [0, 0.05) is 45.0 Å². The summed E-state index contributed by atoms with van der Waals surface area (Å²) in [5.41, 5.74) is 2.05. The summed E-state index contributed by atoms with van der Waals surface area (Å²) >= 11 is 0. The predicted molar refractivity (Wildman–Crippen MR) is 106 cm³/mol. The van der Waals surface area contributed by atoms with E-state index in [-0.39, 0.29) is 18.1 Å². The van der Waals surface area contributed by atoms with Crippen molar-refractivity contribution in [3.63, 3.8) is 0 Å². The standard InChI is InChI=1S/C22H23F3N4O/c1-28-18(9-10-26-28)14-29-11-12-30-21(15-29)20-8-4-6-17(27-20)13-16-5-2-3-7-19(16)22(23,24)25/h2-10,21H,11-15H2,1H3/t21-/m0/s1. The Bertz CT molecular complexity index is 1000. The van der Waals surface area contributed by atoms with Crippen molar-refractivity contribution >= 4 is 0 Å². The van der Waals surface area contributed by atoms with Crippen LogP contribution in [0.15, 0.2) is 54.7 Å². The van der Waals surface area contributed by atoms with Crippen LogP contribution in [0, 0.1) is 0 Å². The van der Waals surface area contributed by atoms with Crippen LogP contribution in [-0.2, 0) is 30.9 Å². The Morgan fingerprint density at radius 2 is 1.93 bits per heavy atom. The van der Waals surface area contributed by atoms with Crippen LogP contribution in [0.1, 0.15) is 34.3 Å². The summed E-state index contributed by atoms with van der Waals surface area (Å²) in [5.74, 6) is 0. The molecule has 1 fully saturated rings. The lowest BCUT2D eigenvalue weighted by Gasteiger charge is -2.32. The number of nitrogens with zero attached hydrogens (tertiary/aromatic N) is 4. The topological polar surface area (TPSA) is 43.2 Å². The zero-order chi connectivity index (χ0) is 21.1. The van der Waals surface area contributed by atoms with Crippen molar-refractivity contribution in [1.82, 2.24) is 19.7 Å². The van der Waals surface area contributed by atoms with E-state index in [0.717, 1.165) is 30.5 Å². The van der Waals surface area contributed by atoms with Crippen LogP contribution in [0.3, 0.4) is 0 Å². The molecule has 0 aliphatic carbocycles. The summed E-state index contributed by atoms with van der Waals surface area (Å²) in [6.45, 7) is 2.81. The van der Waals surface area contributed by atoms with Crippen LogP contribution in [0.25, 0.3) is 0 Å². The van der Waals surface area contributed by atoms with Crippen molar-refractivity contribution in [2.24, 2.45) is 7.05 Å². The fourth-order valence-electron chi connectivity index (χ4n) is 3.73. The van der Waals surface area contributed by atoms with Gasteiger partial charge in [-0.15, -0.1) is 0 Å². The highest BCUT2D eigenvalue weighted by Gasteiger charge is 2.33. The van der Waals surface area contributed by atoms with Gasteiger partial charge in [0.05, 0.1) is 23.6 Å². The van der Waals surface area contributed by atoms with E-state index in [4.69, 9.17) is 4.74 Å². The number of benzene rings is 1. The molecule has 1 atom stereocenters. The van der Waals surface area contributed by atoms with Crippen molar-refractivity contribution in [3.8, 4) is 0 Å². The van der Waals surface area contributed by atoms with E-state index in [9.17, 15) is 13.2 Å². The Labute approximate surface area is 173 Å². The third kappa shape index (κ3) is 4.71. The molecule has 0 bridgehead atoms. The minimum absolute atomic E-state index is 0.120. The number of aromatic nitrogens is 3. The molecule has 30 heavy (non-hydrogen) atoms. The lowest BCUT2D eigenvalue weighted by molar-refractivity contribution is -0.138. The Kier molecular flexibility index (Phi) is 5.87. The van der Waals surface area contributed by atoms with Gasteiger partial charge in [-0.3, -0.25) is 14.6 Å². The quantitative estimate of drug-likeness (QED) is 0.631. The van der Waals surface area contributed by atoms with Gasteiger partial charge in [0.25, 0.3) is 0 Å². The molecule has 1 aliphatic rings. The predicted octanol–water partition coefficient (Wildman–Crippen LogP) is 4.00. The van der Waals surface area contributed by atoms with E-state index in [1.807, 2.05) is 29.9 Å². The largest absolute Gasteiger partial charge is 0.416 e. The molecule has 0 radical (unpaired) electrons. The Morgan fingerprint density at radius 1 is 1.10 bits per heavy atom. The summed E-state index contributed by atoms with van der Waals surface area (Å²) < 4.78 is 47.7. The molecule has 8 heteroatoms. The number of pyridine rings is 1. The number of aryl methyl sites for hydroxylation is 1. The fraction of sp³-hybridized carbons (Fsp3) is 0.364. The number of hydrogen-bond acceptors (Lipinski definition) is 4. The monoisotopic (exact) mass is 416 g/mol. The van der Waals surface area contributed by atoms with Crippen LogP contribution in [0.2, 0.25) is 0 Å². The van der Waals surface area contributed by atoms with Gasteiger partial charge in [-0.25, -0.2) is 0 Å².